The van der Waals surface area contributed by atoms with Crippen LogP contribution >= 0.6 is 0 Å². The van der Waals surface area contributed by atoms with Crippen molar-refractivity contribution in [3.63, 3.8) is 0 Å². The Morgan fingerprint density at radius 3 is 2.46 bits per heavy atom. The van der Waals surface area contributed by atoms with E-state index in [1.807, 2.05) is 32.0 Å². The van der Waals surface area contributed by atoms with Gasteiger partial charge < -0.3 is 10.1 Å². The normalized spacial score (nSPS) is 11.0. The zero-order valence-corrected chi connectivity index (χ0v) is 16.0. The molecule has 0 radical (unpaired) electrons. The molecular weight excluding hydrogens is 352 g/mol. The average Bonchev–Trinajstić information content (AvgIpc) is 2.59. The zero-order valence-electron chi connectivity index (χ0n) is 15.2. The van der Waals surface area contributed by atoms with E-state index in [-0.39, 0.29) is 12.5 Å². The van der Waals surface area contributed by atoms with Gasteiger partial charge in [0.05, 0.1) is 18.5 Å². The minimum atomic E-state index is -3.56. The summed E-state index contributed by atoms with van der Waals surface area (Å²) in [6, 6.07) is 14.5. The molecule has 2 aromatic rings. The van der Waals surface area contributed by atoms with Crippen LogP contribution in [0.1, 0.15) is 11.1 Å². The largest absolute Gasteiger partial charge is 0.491 e. The van der Waals surface area contributed by atoms with Crippen molar-refractivity contribution in [3.05, 3.63) is 59.7 Å². The Bertz CT molecular complexity index is 851. The maximum Gasteiger partial charge on any atom is 0.240 e. The van der Waals surface area contributed by atoms with Gasteiger partial charge in [-0.15, -0.1) is 0 Å². The quantitative estimate of drug-likeness (QED) is 0.717. The number of rotatable bonds is 8. The lowest BCUT2D eigenvalue weighted by Gasteiger charge is -2.21. The summed E-state index contributed by atoms with van der Waals surface area (Å²) in [6.07, 6.45) is 1.08. The molecule has 0 spiro atoms. The van der Waals surface area contributed by atoms with Gasteiger partial charge in [0.2, 0.25) is 15.9 Å². The number of sulfonamides is 1. The first-order valence-corrected chi connectivity index (χ1v) is 10.1. The van der Waals surface area contributed by atoms with Gasteiger partial charge >= 0.3 is 0 Å². The van der Waals surface area contributed by atoms with Crippen molar-refractivity contribution < 1.29 is 17.9 Å². The Morgan fingerprint density at radius 2 is 1.81 bits per heavy atom. The molecular formula is C19H24N2O4S. The van der Waals surface area contributed by atoms with Gasteiger partial charge in [-0.2, -0.15) is 0 Å². The van der Waals surface area contributed by atoms with E-state index in [0.29, 0.717) is 18.8 Å². The number of para-hydroxylation sites is 1. The number of amides is 1. The molecule has 0 aliphatic rings. The monoisotopic (exact) mass is 376 g/mol. The Labute approximate surface area is 154 Å². The van der Waals surface area contributed by atoms with Crippen molar-refractivity contribution in [2.24, 2.45) is 0 Å². The summed E-state index contributed by atoms with van der Waals surface area (Å²) in [6.45, 7) is 4.26. The lowest BCUT2D eigenvalue weighted by atomic mass is 10.1. The smallest absolute Gasteiger partial charge is 0.240 e. The molecule has 0 atom stereocenters. The summed E-state index contributed by atoms with van der Waals surface area (Å²) in [5.74, 6) is 0.394. The van der Waals surface area contributed by atoms with E-state index < -0.39 is 10.0 Å². The number of ether oxygens (including phenoxy) is 1. The fourth-order valence-electron chi connectivity index (χ4n) is 2.39. The van der Waals surface area contributed by atoms with Gasteiger partial charge in [0.15, 0.2) is 0 Å². The number of hydrogen-bond donors (Lipinski definition) is 1. The number of benzene rings is 2. The first-order chi connectivity index (χ1) is 12.3. The predicted octanol–water partition coefficient (Wildman–Crippen LogP) is 2.26. The number of hydrogen-bond acceptors (Lipinski definition) is 4. The topological polar surface area (TPSA) is 75.7 Å². The molecule has 0 saturated carbocycles. The van der Waals surface area contributed by atoms with Crippen LogP contribution in [0.5, 0.6) is 5.75 Å². The van der Waals surface area contributed by atoms with Gasteiger partial charge in [0.25, 0.3) is 0 Å². The molecule has 0 aromatic heterocycles. The molecule has 0 heterocycles. The predicted molar refractivity (Wildman–Crippen MR) is 103 cm³/mol. The summed E-state index contributed by atoms with van der Waals surface area (Å²) in [4.78, 5) is 12.1. The SMILES string of the molecule is Cc1ccc(C)c(OCCNC(=O)CN(c2ccccc2)S(C)(=O)=O)c1. The third-order valence-electron chi connectivity index (χ3n) is 3.76. The van der Waals surface area contributed by atoms with E-state index in [4.69, 9.17) is 4.74 Å². The summed E-state index contributed by atoms with van der Waals surface area (Å²) >= 11 is 0. The summed E-state index contributed by atoms with van der Waals surface area (Å²) in [5.41, 5.74) is 2.58. The van der Waals surface area contributed by atoms with Crippen molar-refractivity contribution in [3.8, 4) is 5.75 Å². The number of carbonyl (C=O) groups excluding carboxylic acids is 1. The number of carbonyl (C=O) groups is 1. The highest BCUT2D eigenvalue weighted by atomic mass is 32.2. The van der Waals surface area contributed by atoms with E-state index in [9.17, 15) is 13.2 Å². The molecule has 2 rings (SSSR count). The highest BCUT2D eigenvalue weighted by Crippen LogP contribution is 2.19. The number of nitrogens with one attached hydrogen (secondary N) is 1. The van der Waals surface area contributed by atoms with Crippen molar-refractivity contribution in [2.45, 2.75) is 13.8 Å². The fraction of sp³-hybridized carbons (Fsp3) is 0.316. The molecule has 0 aliphatic carbocycles. The van der Waals surface area contributed by atoms with Crippen LogP contribution in [0.25, 0.3) is 0 Å². The van der Waals surface area contributed by atoms with E-state index in [0.717, 1.165) is 27.4 Å². The van der Waals surface area contributed by atoms with Crippen LogP contribution < -0.4 is 14.4 Å². The van der Waals surface area contributed by atoms with Gasteiger partial charge in [-0.1, -0.05) is 30.3 Å². The molecule has 140 valence electrons. The van der Waals surface area contributed by atoms with Crippen molar-refractivity contribution >= 4 is 21.6 Å². The standard InChI is InChI=1S/C19H24N2O4S/c1-15-9-10-16(2)18(13-15)25-12-11-20-19(22)14-21(26(3,23)24)17-7-5-4-6-8-17/h4-10,13H,11-12,14H2,1-3H3,(H,20,22). The van der Waals surface area contributed by atoms with Gasteiger partial charge in [-0.25, -0.2) is 8.42 Å². The van der Waals surface area contributed by atoms with Gasteiger partial charge in [-0.3, -0.25) is 9.10 Å². The second-order valence-electron chi connectivity index (χ2n) is 6.07. The second-order valence-corrected chi connectivity index (χ2v) is 7.98. The molecule has 6 nitrogen and oxygen atoms in total. The molecule has 0 unspecified atom stereocenters. The highest BCUT2D eigenvalue weighted by Gasteiger charge is 2.20. The summed E-state index contributed by atoms with van der Waals surface area (Å²) in [5, 5.41) is 2.69. The molecule has 2 aromatic carbocycles. The lowest BCUT2D eigenvalue weighted by Crippen LogP contribution is -2.41. The fourth-order valence-corrected chi connectivity index (χ4v) is 3.25. The van der Waals surface area contributed by atoms with Crippen LogP contribution in [-0.2, 0) is 14.8 Å². The summed E-state index contributed by atoms with van der Waals surface area (Å²) in [7, 11) is -3.56. The number of aryl methyl sites for hydroxylation is 2. The lowest BCUT2D eigenvalue weighted by molar-refractivity contribution is -0.119. The molecule has 1 amide bonds. The maximum absolute atomic E-state index is 12.1. The Kier molecular flexibility index (Phi) is 6.63. The third kappa shape index (κ3) is 5.77. The summed E-state index contributed by atoms with van der Waals surface area (Å²) < 4.78 is 30.7. The Hall–Kier alpha value is -2.54. The van der Waals surface area contributed by atoms with Gasteiger partial charge in [0, 0.05) is 0 Å². The first kappa shape index (κ1) is 19.8. The second kappa shape index (κ2) is 8.71. The molecule has 0 aliphatic heterocycles. The average molecular weight is 376 g/mol. The van der Waals surface area contributed by atoms with Crippen molar-refractivity contribution in [2.75, 3.05) is 30.3 Å². The van der Waals surface area contributed by atoms with Crippen LogP contribution in [0.2, 0.25) is 0 Å². The van der Waals surface area contributed by atoms with Gasteiger partial charge in [-0.05, 0) is 43.2 Å². The van der Waals surface area contributed by atoms with Crippen molar-refractivity contribution in [1.29, 1.82) is 0 Å². The maximum atomic E-state index is 12.1. The third-order valence-corrected chi connectivity index (χ3v) is 4.90. The molecule has 0 fully saturated rings. The molecule has 7 heteroatoms. The highest BCUT2D eigenvalue weighted by molar-refractivity contribution is 7.92. The van der Waals surface area contributed by atoms with E-state index in [1.54, 1.807) is 30.3 Å². The molecule has 0 saturated heterocycles. The molecule has 26 heavy (non-hydrogen) atoms. The van der Waals surface area contributed by atoms with Crippen molar-refractivity contribution in [1.82, 2.24) is 5.32 Å². The van der Waals surface area contributed by atoms with E-state index in [1.165, 1.54) is 0 Å². The number of nitrogens with zero attached hydrogens (tertiary/aromatic N) is 1. The van der Waals surface area contributed by atoms with Gasteiger partial charge in [0.1, 0.15) is 18.9 Å². The minimum Gasteiger partial charge on any atom is -0.491 e. The first-order valence-electron chi connectivity index (χ1n) is 8.27. The van der Waals surface area contributed by atoms with E-state index in [2.05, 4.69) is 5.32 Å². The number of anilines is 1. The van der Waals surface area contributed by atoms with Crippen LogP contribution in [0.4, 0.5) is 5.69 Å². The van der Waals surface area contributed by atoms with E-state index >= 15 is 0 Å². The Balaban J connectivity index is 1.88. The molecule has 0 bridgehead atoms. The zero-order chi connectivity index (χ0) is 19.2. The van der Waals surface area contributed by atoms with Crippen LogP contribution in [-0.4, -0.2) is 40.3 Å². The van der Waals surface area contributed by atoms with Crippen LogP contribution in [0.15, 0.2) is 48.5 Å². The Morgan fingerprint density at radius 1 is 1.12 bits per heavy atom. The van der Waals surface area contributed by atoms with Crippen LogP contribution in [0, 0.1) is 13.8 Å². The molecule has 1 N–H and O–H groups in total. The minimum absolute atomic E-state index is 0.272. The van der Waals surface area contributed by atoms with Crippen LogP contribution in [0.3, 0.4) is 0 Å².